The van der Waals surface area contributed by atoms with E-state index >= 15 is 0 Å². The van der Waals surface area contributed by atoms with Crippen LogP contribution in [0.1, 0.15) is 42.5 Å². The van der Waals surface area contributed by atoms with Crippen molar-refractivity contribution in [3.63, 3.8) is 0 Å². The minimum atomic E-state index is -2.24. The third-order valence-electron chi connectivity index (χ3n) is 8.62. The lowest BCUT2D eigenvalue weighted by atomic mass is 10.1. The maximum Gasteiger partial charge on any atom is 0.150 e. The molecule has 0 spiro atoms. The highest BCUT2D eigenvalue weighted by atomic mass is 31.2. The Bertz CT molecular complexity index is 1540. The molecule has 1 aliphatic heterocycles. The first-order chi connectivity index (χ1) is 20.6. The molecular weight excluding hydrogens is 548 g/mol. The van der Waals surface area contributed by atoms with Crippen LogP contribution in [0.15, 0.2) is 133 Å². The van der Waals surface area contributed by atoms with Crippen LogP contribution >= 0.6 is 15.5 Å². The minimum Gasteiger partial charge on any atom is -0.201 e. The van der Waals surface area contributed by atoms with Crippen LogP contribution < -0.4 is 10.6 Å². The number of hydrogen-bond donors (Lipinski definition) is 0. The number of rotatable bonds is 9. The Morgan fingerprint density at radius 1 is 0.667 bits per heavy atom. The zero-order valence-corrected chi connectivity index (χ0v) is 26.7. The third-order valence-corrected chi connectivity index (χ3v) is 16.5. The van der Waals surface area contributed by atoms with Crippen LogP contribution in [0, 0.1) is 6.66 Å². The largest absolute Gasteiger partial charge is 0.201 e. The van der Waals surface area contributed by atoms with Crippen LogP contribution in [0.4, 0.5) is 0 Å². The van der Waals surface area contributed by atoms with Gasteiger partial charge in [-0.3, -0.25) is 0 Å². The summed E-state index contributed by atoms with van der Waals surface area (Å²) in [7, 11) is 1.40. The SMILES string of the molecule is [CH2-][P+]1(N(CCCC)P(c2ccccc2)c2cccc3ccccc23)[C@H](c2ccccc2)N(C)N(C)[C@H]1c1ccccc1. The second-order valence-electron chi connectivity index (χ2n) is 11.2. The Balaban J connectivity index is 1.65. The highest BCUT2D eigenvalue weighted by molar-refractivity contribution is 7.87. The van der Waals surface area contributed by atoms with Crippen molar-refractivity contribution in [1.29, 1.82) is 0 Å². The van der Waals surface area contributed by atoms with Crippen LogP contribution in [0.3, 0.4) is 0 Å². The van der Waals surface area contributed by atoms with Gasteiger partial charge in [0.25, 0.3) is 0 Å². The molecule has 5 aromatic carbocycles. The molecule has 1 aliphatic rings. The molecule has 1 unspecified atom stereocenters. The van der Waals surface area contributed by atoms with Gasteiger partial charge >= 0.3 is 0 Å². The van der Waals surface area contributed by atoms with E-state index in [0.29, 0.717) is 0 Å². The molecule has 0 radical (unpaired) electrons. The van der Waals surface area contributed by atoms with Crippen LogP contribution in [0.25, 0.3) is 10.8 Å². The summed E-state index contributed by atoms with van der Waals surface area (Å²) in [6.45, 7) is 8.78. The van der Waals surface area contributed by atoms with Crippen molar-refractivity contribution in [2.24, 2.45) is 0 Å². The summed E-state index contributed by atoms with van der Waals surface area (Å²) in [4.78, 5) is 0. The normalized spacial score (nSPS) is 19.8. The van der Waals surface area contributed by atoms with Gasteiger partial charge in [-0.25, -0.2) is 10.0 Å². The predicted molar refractivity (Wildman–Crippen MR) is 184 cm³/mol. The Hall–Kier alpha value is -2.90. The van der Waals surface area contributed by atoms with E-state index in [1.54, 1.807) is 0 Å². The van der Waals surface area contributed by atoms with Crippen molar-refractivity contribution >= 4 is 36.9 Å². The number of fused-ring (bicyclic) bond motifs is 1. The van der Waals surface area contributed by atoms with Gasteiger partial charge in [-0.1, -0.05) is 147 Å². The molecule has 1 saturated heterocycles. The average Bonchev–Trinajstić information content (AvgIpc) is 3.24. The van der Waals surface area contributed by atoms with Crippen molar-refractivity contribution in [3.8, 4) is 0 Å². The van der Waals surface area contributed by atoms with Crippen molar-refractivity contribution < 1.29 is 0 Å². The van der Waals surface area contributed by atoms with Gasteiger partial charge < -0.3 is 0 Å². The second-order valence-corrected chi connectivity index (χ2v) is 16.9. The van der Waals surface area contributed by atoms with E-state index in [2.05, 4.69) is 169 Å². The summed E-state index contributed by atoms with van der Waals surface area (Å²) in [6.07, 6.45) is 2.27. The van der Waals surface area contributed by atoms with E-state index in [4.69, 9.17) is 6.66 Å². The van der Waals surface area contributed by atoms with Gasteiger partial charge in [0.15, 0.2) is 11.6 Å². The molecule has 0 amide bonds. The lowest BCUT2D eigenvalue weighted by Crippen LogP contribution is -2.32. The quantitative estimate of drug-likeness (QED) is 0.125. The molecule has 1 fully saturated rings. The molecule has 5 heteroatoms. The van der Waals surface area contributed by atoms with E-state index in [9.17, 15) is 0 Å². The first kappa shape index (κ1) is 29.2. The molecule has 0 aromatic heterocycles. The van der Waals surface area contributed by atoms with Gasteiger partial charge in [0.1, 0.15) is 0 Å². The fraction of sp³-hybridized carbons (Fsp3) is 0.216. The molecule has 0 saturated carbocycles. The van der Waals surface area contributed by atoms with Crippen molar-refractivity contribution in [2.45, 2.75) is 31.3 Å². The van der Waals surface area contributed by atoms with E-state index in [-0.39, 0.29) is 11.6 Å². The lowest BCUT2D eigenvalue weighted by molar-refractivity contribution is 0.0252. The zero-order valence-electron chi connectivity index (χ0n) is 24.9. The smallest absolute Gasteiger partial charge is 0.150 e. The molecule has 1 heterocycles. The van der Waals surface area contributed by atoms with Gasteiger partial charge in [0, 0.05) is 44.5 Å². The number of hydrazine groups is 1. The highest BCUT2D eigenvalue weighted by Gasteiger charge is 2.61. The van der Waals surface area contributed by atoms with Gasteiger partial charge in [-0.05, 0) is 22.5 Å². The molecule has 0 bridgehead atoms. The standard InChI is InChI=1S/C37H41N3P2/c1-5-6-29-40(41(33-25-14-9-15-26-33)35-28-18-24-30-19-16-17-27-34(30)35)42(4)36(31-20-10-7-11-21-31)38(2)39(3)37(42)32-22-12-8-13-23-32/h7-28,36-37H,4-6,29H2,1-3H3/t36-,37-,41?/m1/s1. The molecule has 42 heavy (non-hydrogen) atoms. The molecule has 6 rings (SSSR count). The number of hydrogen-bond acceptors (Lipinski definition) is 3. The Labute approximate surface area is 254 Å². The molecular formula is C37H41N3P2. The fourth-order valence-corrected chi connectivity index (χ4v) is 15.5. The second kappa shape index (κ2) is 12.8. The third kappa shape index (κ3) is 5.24. The summed E-state index contributed by atoms with van der Waals surface area (Å²) in [6, 6.07) is 49.2. The van der Waals surface area contributed by atoms with E-state index in [1.165, 1.54) is 32.5 Å². The summed E-state index contributed by atoms with van der Waals surface area (Å²) in [5.74, 6) is 0.323. The summed E-state index contributed by atoms with van der Waals surface area (Å²) >= 11 is 0. The predicted octanol–water partition coefficient (Wildman–Crippen LogP) is 9.20. The molecule has 214 valence electrons. The van der Waals surface area contributed by atoms with Gasteiger partial charge in [0.05, 0.1) is 8.07 Å². The van der Waals surface area contributed by atoms with Crippen LogP contribution in [-0.2, 0) is 0 Å². The molecule has 0 N–H and O–H groups in total. The maximum absolute atomic E-state index is 5.46. The van der Waals surface area contributed by atoms with Gasteiger partial charge in [-0.2, -0.15) is 11.1 Å². The Morgan fingerprint density at radius 2 is 1.17 bits per heavy atom. The molecule has 0 aliphatic carbocycles. The molecule has 3 nitrogen and oxygen atoms in total. The van der Waals surface area contributed by atoms with Crippen molar-refractivity contribution in [1.82, 2.24) is 14.5 Å². The zero-order chi connectivity index (χ0) is 29.1. The molecule has 5 aromatic rings. The topological polar surface area (TPSA) is 9.72 Å². The van der Waals surface area contributed by atoms with Gasteiger partial charge in [-0.15, -0.1) is 0 Å². The average molecular weight is 590 g/mol. The Morgan fingerprint density at radius 3 is 1.74 bits per heavy atom. The first-order valence-corrected chi connectivity index (χ1v) is 18.3. The summed E-state index contributed by atoms with van der Waals surface area (Å²) in [5, 5.41) is 10.4. The number of unbranched alkanes of at least 4 members (excludes halogenated alkanes) is 1. The number of nitrogens with zero attached hydrogens (tertiary/aromatic N) is 3. The van der Waals surface area contributed by atoms with E-state index in [1.807, 2.05) is 0 Å². The van der Waals surface area contributed by atoms with E-state index in [0.717, 1.165) is 19.4 Å². The molecule has 3 atom stereocenters. The lowest BCUT2D eigenvalue weighted by Gasteiger charge is -2.48. The number of benzene rings is 5. The van der Waals surface area contributed by atoms with Crippen LogP contribution in [0.2, 0.25) is 0 Å². The monoisotopic (exact) mass is 589 g/mol. The van der Waals surface area contributed by atoms with Crippen molar-refractivity contribution in [2.75, 3.05) is 20.6 Å². The summed E-state index contributed by atoms with van der Waals surface area (Å²) < 4.78 is 2.93. The van der Waals surface area contributed by atoms with Crippen molar-refractivity contribution in [3.05, 3.63) is 151 Å². The van der Waals surface area contributed by atoms with Crippen LogP contribution in [0.5, 0.6) is 0 Å². The van der Waals surface area contributed by atoms with Gasteiger partial charge in [0.2, 0.25) is 0 Å². The van der Waals surface area contributed by atoms with E-state index < -0.39 is 15.5 Å². The summed E-state index contributed by atoms with van der Waals surface area (Å²) in [5.41, 5.74) is 2.69. The maximum atomic E-state index is 5.46. The Kier molecular flexibility index (Phi) is 8.87. The minimum absolute atomic E-state index is 0.162. The van der Waals surface area contributed by atoms with Crippen LogP contribution in [-0.4, -0.2) is 35.1 Å². The fourth-order valence-electron chi connectivity index (χ4n) is 6.62. The highest BCUT2D eigenvalue weighted by Crippen LogP contribution is 2.87. The first-order valence-electron chi connectivity index (χ1n) is 14.9.